The molecule has 2 fully saturated rings. The van der Waals surface area contributed by atoms with Crippen molar-refractivity contribution in [1.29, 1.82) is 0 Å². The molecule has 0 N–H and O–H groups in total. The maximum Gasteiger partial charge on any atom is 0.306 e. The lowest BCUT2D eigenvalue weighted by Gasteiger charge is -2.37. The highest BCUT2D eigenvalue weighted by Gasteiger charge is 2.32. The molecule has 148 valence electrons. The van der Waals surface area contributed by atoms with Crippen molar-refractivity contribution in [3.8, 4) is 5.75 Å². The minimum absolute atomic E-state index is 0.0571. The lowest BCUT2D eigenvalue weighted by Crippen LogP contribution is -2.29. The Balaban J connectivity index is 1.40. The predicted octanol–water partition coefficient (Wildman–Crippen LogP) is 6.04. The quantitative estimate of drug-likeness (QED) is 0.434. The van der Waals surface area contributed by atoms with Gasteiger partial charge in [0.1, 0.15) is 11.9 Å². The summed E-state index contributed by atoms with van der Waals surface area (Å²) in [6.45, 7) is 3.66. The topological polar surface area (TPSA) is 35.5 Å². The molecule has 0 unspecified atom stereocenters. The van der Waals surface area contributed by atoms with E-state index >= 15 is 0 Å². The van der Waals surface area contributed by atoms with Gasteiger partial charge in [-0.2, -0.15) is 0 Å². The number of allylic oxidation sites excluding steroid dienone is 1. The zero-order chi connectivity index (χ0) is 19.1. The molecule has 3 nitrogen and oxygen atoms in total. The molecule has 0 aromatic heterocycles. The second-order valence-electron chi connectivity index (χ2n) is 8.24. The van der Waals surface area contributed by atoms with Gasteiger partial charge in [0.15, 0.2) is 0 Å². The molecular weight excluding hydrogens is 336 g/mol. The molecule has 1 aromatic carbocycles. The first-order chi connectivity index (χ1) is 13.2. The average Bonchev–Trinajstić information content (AvgIpc) is 2.73. The van der Waals surface area contributed by atoms with Gasteiger partial charge in [0.25, 0.3) is 0 Å². The van der Waals surface area contributed by atoms with E-state index in [1.165, 1.54) is 44.1 Å². The zero-order valence-electron chi connectivity index (χ0n) is 16.7. The predicted molar refractivity (Wildman–Crippen MR) is 109 cm³/mol. The summed E-state index contributed by atoms with van der Waals surface area (Å²) < 4.78 is 10.9. The highest BCUT2D eigenvalue weighted by molar-refractivity contribution is 5.69. The largest absolute Gasteiger partial charge is 0.497 e. The monoisotopic (exact) mass is 370 g/mol. The van der Waals surface area contributed by atoms with Gasteiger partial charge in [-0.15, -0.1) is 6.58 Å². The number of rotatable bonds is 7. The van der Waals surface area contributed by atoms with Crippen molar-refractivity contribution < 1.29 is 14.3 Å². The van der Waals surface area contributed by atoms with Crippen LogP contribution in [0.5, 0.6) is 5.75 Å². The summed E-state index contributed by atoms with van der Waals surface area (Å²) in [6.07, 6.45) is 12.9. The summed E-state index contributed by atoms with van der Waals surface area (Å²) in [5.74, 6) is 3.27. The van der Waals surface area contributed by atoms with E-state index in [0.717, 1.165) is 30.4 Å². The summed E-state index contributed by atoms with van der Waals surface area (Å²) in [7, 11) is 1.72. The first kappa shape index (κ1) is 20.0. The number of hydrogen-bond donors (Lipinski definition) is 0. The van der Waals surface area contributed by atoms with Gasteiger partial charge in [0, 0.05) is 6.42 Å². The molecule has 2 saturated carbocycles. The summed E-state index contributed by atoms with van der Waals surface area (Å²) in [5, 5.41) is 0. The fraction of sp³-hybridized carbons (Fsp3) is 0.625. The van der Waals surface area contributed by atoms with E-state index in [9.17, 15) is 4.79 Å². The number of carbonyl (C=O) groups is 1. The fourth-order valence-corrected chi connectivity index (χ4v) is 4.94. The minimum atomic E-state index is -0.0571. The maximum atomic E-state index is 11.8. The molecule has 0 atom stereocenters. The third kappa shape index (κ3) is 5.60. The van der Waals surface area contributed by atoms with E-state index in [0.29, 0.717) is 18.8 Å². The smallest absolute Gasteiger partial charge is 0.306 e. The molecule has 0 aliphatic heterocycles. The Kier molecular flexibility index (Phi) is 7.37. The van der Waals surface area contributed by atoms with Crippen molar-refractivity contribution in [2.75, 3.05) is 7.11 Å². The van der Waals surface area contributed by atoms with E-state index in [2.05, 4.69) is 30.8 Å². The van der Waals surface area contributed by atoms with E-state index in [1.807, 2.05) is 0 Å². The summed E-state index contributed by atoms with van der Waals surface area (Å²) in [5.41, 5.74) is 1.46. The molecule has 0 bridgehead atoms. The molecule has 0 spiro atoms. The minimum Gasteiger partial charge on any atom is -0.497 e. The Morgan fingerprint density at radius 2 is 1.59 bits per heavy atom. The van der Waals surface area contributed by atoms with Crippen LogP contribution in [0.25, 0.3) is 0 Å². The standard InChI is InChI=1S/C24H34O3/c1-3-4-5-24(25)27-23-16-12-21(13-17-23)19-8-6-18(7-9-19)20-10-14-22(26-2)15-11-20/h3,10-11,14-15,18-19,21,23H,1,4-9,12-13,16-17H2,2H3. The van der Waals surface area contributed by atoms with Crippen LogP contribution in [0.3, 0.4) is 0 Å². The molecule has 1 aromatic rings. The van der Waals surface area contributed by atoms with Crippen LogP contribution in [-0.2, 0) is 9.53 Å². The van der Waals surface area contributed by atoms with Crippen molar-refractivity contribution >= 4 is 5.97 Å². The van der Waals surface area contributed by atoms with Crippen LogP contribution in [-0.4, -0.2) is 19.2 Å². The Hall–Kier alpha value is -1.77. The number of ether oxygens (including phenoxy) is 2. The molecular formula is C24H34O3. The first-order valence-electron chi connectivity index (χ1n) is 10.6. The fourth-order valence-electron chi connectivity index (χ4n) is 4.94. The van der Waals surface area contributed by atoms with Crippen molar-refractivity contribution in [3.63, 3.8) is 0 Å². The maximum absolute atomic E-state index is 11.8. The van der Waals surface area contributed by atoms with E-state index < -0.39 is 0 Å². The number of hydrogen-bond acceptors (Lipinski definition) is 3. The normalized spacial score (nSPS) is 28.3. The van der Waals surface area contributed by atoms with Crippen LogP contribution < -0.4 is 4.74 Å². The van der Waals surface area contributed by atoms with E-state index in [4.69, 9.17) is 9.47 Å². The second-order valence-corrected chi connectivity index (χ2v) is 8.24. The van der Waals surface area contributed by atoms with Crippen LogP contribution in [0.2, 0.25) is 0 Å². The van der Waals surface area contributed by atoms with Crippen molar-refractivity contribution in [2.45, 2.75) is 76.2 Å². The SMILES string of the molecule is C=CCCC(=O)OC1CCC(C2CCC(c3ccc(OC)cc3)CC2)CC1. The summed E-state index contributed by atoms with van der Waals surface area (Å²) >= 11 is 0. The van der Waals surface area contributed by atoms with Crippen molar-refractivity contribution in [3.05, 3.63) is 42.5 Å². The van der Waals surface area contributed by atoms with E-state index in [-0.39, 0.29) is 12.1 Å². The first-order valence-corrected chi connectivity index (χ1v) is 10.6. The molecule has 2 aliphatic carbocycles. The van der Waals surface area contributed by atoms with Gasteiger partial charge in [0.05, 0.1) is 7.11 Å². The zero-order valence-corrected chi connectivity index (χ0v) is 16.7. The molecule has 2 aliphatic rings. The van der Waals surface area contributed by atoms with Crippen LogP contribution in [0.4, 0.5) is 0 Å². The van der Waals surface area contributed by atoms with Gasteiger partial charge in [0.2, 0.25) is 0 Å². The third-order valence-electron chi connectivity index (χ3n) is 6.60. The molecule has 3 rings (SSSR count). The Morgan fingerprint density at radius 1 is 1.00 bits per heavy atom. The van der Waals surface area contributed by atoms with Gasteiger partial charge in [-0.05, 0) is 93.2 Å². The molecule has 27 heavy (non-hydrogen) atoms. The van der Waals surface area contributed by atoms with Crippen LogP contribution in [0.1, 0.15) is 75.7 Å². The highest BCUT2D eigenvalue weighted by Crippen LogP contribution is 2.43. The van der Waals surface area contributed by atoms with Gasteiger partial charge in [-0.1, -0.05) is 18.2 Å². The number of esters is 1. The number of methoxy groups -OCH3 is 1. The number of carbonyl (C=O) groups excluding carboxylic acids is 1. The lowest BCUT2D eigenvalue weighted by atomic mass is 9.69. The van der Waals surface area contributed by atoms with Gasteiger partial charge < -0.3 is 9.47 Å². The highest BCUT2D eigenvalue weighted by atomic mass is 16.5. The Labute approximate surface area is 164 Å². The molecule has 3 heteroatoms. The molecule has 0 heterocycles. The van der Waals surface area contributed by atoms with Gasteiger partial charge >= 0.3 is 5.97 Å². The van der Waals surface area contributed by atoms with Crippen LogP contribution in [0, 0.1) is 11.8 Å². The Bertz CT molecular complexity index is 591. The van der Waals surface area contributed by atoms with E-state index in [1.54, 1.807) is 13.2 Å². The third-order valence-corrected chi connectivity index (χ3v) is 6.60. The molecule has 0 amide bonds. The number of benzene rings is 1. The molecule has 0 radical (unpaired) electrons. The van der Waals surface area contributed by atoms with Crippen molar-refractivity contribution in [2.24, 2.45) is 11.8 Å². The van der Waals surface area contributed by atoms with Crippen LogP contribution >= 0.6 is 0 Å². The lowest BCUT2D eigenvalue weighted by molar-refractivity contribution is -0.151. The summed E-state index contributed by atoms with van der Waals surface area (Å²) in [4.78, 5) is 11.8. The molecule has 0 saturated heterocycles. The average molecular weight is 371 g/mol. The second kappa shape index (κ2) is 9.96. The summed E-state index contributed by atoms with van der Waals surface area (Å²) in [6, 6.07) is 8.63. The van der Waals surface area contributed by atoms with Crippen molar-refractivity contribution in [1.82, 2.24) is 0 Å². The van der Waals surface area contributed by atoms with Gasteiger partial charge in [-0.25, -0.2) is 0 Å². The Morgan fingerprint density at radius 3 is 2.15 bits per heavy atom. The van der Waals surface area contributed by atoms with Crippen LogP contribution in [0.15, 0.2) is 36.9 Å². The van der Waals surface area contributed by atoms with Gasteiger partial charge in [-0.3, -0.25) is 4.79 Å².